The molecule has 1 saturated heterocycles. The highest BCUT2D eigenvalue weighted by atomic mass is 32.2. The van der Waals surface area contributed by atoms with Crippen LogP contribution in [0.2, 0.25) is 0 Å². The van der Waals surface area contributed by atoms with E-state index in [1.165, 1.54) is 6.42 Å². The number of piperidine rings is 1. The second kappa shape index (κ2) is 7.40. The van der Waals surface area contributed by atoms with Crippen molar-refractivity contribution in [2.24, 2.45) is 0 Å². The maximum Gasteiger partial charge on any atom is 0.232 e. The second-order valence-electron chi connectivity index (χ2n) is 5.28. The Hall–Kier alpha value is -1.89. The van der Waals surface area contributed by atoms with Crippen molar-refractivity contribution in [2.45, 2.75) is 25.0 Å². The van der Waals surface area contributed by atoms with Gasteiger partial charge in [0.05, 0.1) is 17.2 Å². The zero-order valence-electron chi connectivity index (χ0n) is 12.4. The van der Waals surface area contributed by atoms with E-state index in [2.05, 4.69) is 15.5 Å². The van der Waals surface area contributed by atoms with E-state index in [0.717, 1.165) is 37.4 Å². The predicted molar refractivity (Wildman–Crippen MR) is 85.7 cm³/mol. The summed E-state index contributed by atoms with van der Waals surface area (Å²) in [7, 11) is 0. The third-order valence-electron chi connectivity index (χ3n) is 3.70. The van der Waals surface area contributed by atoms with Crippen LogP contribution in [-0.4, -0.2) is 49.9 Å². The van der Waals surface area contributed by atoms with E-state index in [1.807, 2.05) is 35.2 Å². The summed E-state index contributed by atoms with van der Waals surface area (Å²) < 4.78 is 1.72. The number of benzene rings is 1. The molecule has 7 heteroatoms. The molecule has 0 radical (unpaired) electrons. The molecule has 0 saturated carbocycles. The molecule has 116 valence electrons. The number of carbonyl (C=O) groups excluding carboxylic acids is 1. The number of hydrogen-bond donors (Lipinski definition) is 0. The third kappa shape index (κ3) is 3.65. The van der Waals surface area contributed by atoms with Gasteiger partial charge < -0.3 is 4.90 Å². The fourth-order valence-electron chi connectivity index (χ4n) is 2.53. The molecular weight excluding hydrogens is 298 g/mol. The van der Waals surface area contributed by atoms with E-state index in [0.29, 0.717) is 11.5 Å². The van der Waals surface area contributed by atoms with Crippen LogP contribution in [0.3, 0.4) is 0 Å². The van der Waals surface area contributed by atoms with Crippen molar-refractivity contribution >= 4 is 17.7 Å². The molecule has 0 aliphatic carbocycles. The summed E-state index contributed by atoms with van der Waals surface area (Å²) in [5.74, 6) is 2.11. The maximum absolute atomic E-state index is 12.1. The van der Waals surface area contributed by atoms with E-state index >= 15 is 0 Å². The SMILES string of the molecule is O=C(CSCc1nnnn1-c1ccccc1)N1CCCCC1. The number of thioether (sulfide) groups is 1. The quantitative estimate of drug-likeness (QED) is 0.843. The molecule has 6 nitrogen and oxygen atoms in total. The minimum absolute atomic E-state index is 0.225. The van der Waals surface area contributed by atoms with Crippen LogP contribution >= 0.6 is 11.8 Å². The lowest BCUT2D eigenvalue weighted by Crippen LogP contribution is -2.36. The van der Waals surface area contributed by atoms with Crippen molar-refractivity contribution in [3.63, 3.8) is 0 Å². The van der Waals surface area contributed by atoms with Gasteiger partial charge in [0.1, 0.15) is 0 Å². The van der Waals surface area contributed by atoms with Crippen molar-refractivity contribution in [3.8, 4) is 5.69 Å². The summed E-state index contributed by atoms with van der Waals surface area (Å²) in [6.07, 6.45) is 3.49. The molecule has 0 atom stereocenters. The second-order valence-corrected chi connectivity index (χ2v) is 6.26. The topological polar surface area (TPSA) is 63.9 Å². The Morgan fingerprint density at radius 1 is 1.14 bits per heavy atom. The number of aromatic nitrogens is 4. The van der Waals surface area contributed by atoms with Gasteiger partial charge in [-0.15, -0.1) is 16.9 Å². The Kier molecular flexibility index (Phi) is 5.05. The lowest BCUT2D eigenvalue weighted by molar-refractivity contribution is -0.129. The first kappa shape index (κ1) is 15.0. The van der Waals surface area contributed by atoms with Crippen LogP contribution in [0.1, 0.15) is 25.1 Å². The minimum Gasteiger partial charge on any atom is -0.342 e. The van der Waals surface area contributed by atoms with Gasteiger partial charge in [-0.3, -0.25) is 4.79 Å². The summed E-state index contributed by atoms with van der Waals surface area (Å²) in [6, 6.07) is 9.79. The molecule has 1 aromatic heterocycles. The van der Waals surface area contributed by atoms with Crippen LogP contribution < -0.4 is 0 Å². The van der Waals surface area contributed by atoms with Crippen molar-refractivity contribution in [2.75, 3.05) is 18.8 Å². The van der Waals surface area contributed by atoms with E-state index < -0.39 is 0 Å². The molecule has 0 spiro atoms. The molecule has 1 aromatic carbocycles. The number of amides is 1. The summed E-state index contributed by atoms with van der Waals surface area (Å²) in [5, 5.41) is 11.8. The Bertz CT molecular complexity index is 609. The number of rotatable bonds is 5. The average Bonchev–Trinajstić information content (AvgIpc) is 3.05. The highest BCUT2D eigenvalue weighted by Crippen LogP contribution is 2.15. The molecular formula is C15H19N5OS. The molecule has 2 aromatic rings. The van der Waals surface area contributed by atoms with Crippen LogP contribution in [0.15, 0.2) is 30.3 Å². The van der Waals surface area contributed by atoms with Crippen LogP contribution in [-0.2, 0) is 10.5 Å². The summed E-state index contributed by atoms with van der Waals surface area (Å²) in [4.78, 5) is 14.1. The first-order valence-corrected chi connectivity index (χ1v) is 8.68. The third-order valence-corrected chi connectivity index (χ3v) is 4.61. The standard InChI is InChI=1S/C15H19N5OS/c21-15(19-9-5-2-6-10-19)12-22-11-14-16-17-18-20(14)13-7-3-1-4-8-13/h1,3-4,7-8H,2,5-6,9-12H2. The van der Waals surface area contributed by atoms with Gasteiger partial charge in [0, 0.05) is 13.1 Å². The van der Waals surface area contributed by atoms with Crippen LogP contribution in [0, 0.1) is 0 Å². The molecule has 1 aliphatic rings. The van der Waals surface area contributed by atoms with Crippen molar-refractivity contribution < 1.29 is 4.79 Å². The normalized spacial score (nSPS) is 15.0. The molecule has 1 aliphatic heterocycles. The fraction of sp³-hybridized carbons (Fsp3) is 0.467. The van der Waals surface area contributed by atoms with Crippen molar-refractivity contribution in [1.82, 2.24) is 25.1 Å². The van der Waals surface area contributed by atoms with Crippen LogP contribution in [0.5, 0.6) is 0 Å². The largest absolute Gasteiger partial charge is 0.342 e. The number of hydrogen-bond acceptors (Lipinski definition) is 5. The first-order chi connectivity index (χ1) is 10.8. The number of likely N-dealkylation sites (tertiary alicyclic amines) is 1. The predicted octanol–water partition coefficient (Wildman–Crippen LogP) is 1.91. The van der Waals surface area contributed by atoms with Crippen molar-refractivity contribution in [3.05, 3.63) is 36.2 Å². The highest BCUT2D eigenvalue weighted by Gasteiger charge is 2.17. The lowest BCUT2D eigenvalue weighted by atomic mass is 10.1. The smallest absolute Gasteiger partial charge is 0.232 e. The summed E-state index contributed by atoms with van der Waals surface area (Å²) in [5.41, 5.74) is 0.936. The van der Waals surface area contributed by atoms with E-state index in [9.17, 15) is 4.79 Å². The number of carbonyl (C=O) groups is 1. The average molecular weight is 317 g/mol. The van der Waals surface area contributed by atoms with Gasteiger partial charge in [-0.1, -0.05) is 18.2 Å². The van der Waals surface area contributed by atoms with Gasteiger partial charge in [0.25, 0.3) is 0 Å². The maximum atomic E-state index is 12.1. The molecule has 0 N–H and O–H groups in total. The Labute approximate surface area is 133 Å². The Morgan fingerprint density at radius 2 is 1.91 bits per heavy atom. The Balaban J connectivity index is 1.54. The molecule has 22 heavy (non-hydrogen) atoms. The molecule has 3 rings (SSSR count). The molecule has 1 amide bonds. The van der Waals surface area contributed by atoms with Crippen LogP contribution in [0.4, 0.5) is 0 Å². The van der Waals surface area contributed by atoms with Gasteiger partial charge in [-0.05, 0) is 41.8 Å². The highest BCUT2D eigenvalue weighted by molar-refractivity contribution is 7.99. The number of nitrogens with zero attached hydrogens (tertiary/aromatic N) is 5. The number of para-hydroxylation sites is 1. The first-order valence-electron chi connectivity index (χ1n) is 7.53. The van der Waals surface area contributed by atoms with E-state index in [4.69, 9.17) is 0 Å². The Morgan fingerprint density at radius 3 is 2.68 bits per heavy atom. The number of tetrazole rings is 1. The zero-order valence-corrected chi connectivity index (χ0v) is 13.2. The van der Waals surface area contributed by atoms with Gasteiger partial charge in [0.2, 0.25) is 5.91 Å². The summed E-state index contributed by atoms with van der Waals surface area (Å²) >= 11 is 1.57. The molecule has 2 heterocycles. The monoisotopic (exact) mass is 317 g/mol. The van der Waals surface area contributed by atoms with Gasteiger partial charge >= 0.3 is 0 Å². The summed E-state index contributed by atoms with van der Waals surface area (Å²) in [6.45, 7) is 1.81. The van der Waals surface area contributed by atoms with Crippen molar-refractivity contribution in [1.29, 1.82) is 0 Å². The molecule has 0 unspecified atom stereocenters. The van der Waals surface area contributed by atoms with Gasteiger partial charge in [0.15, 0.2) is 5.82 Å². The van der Waals surface area contributed by atoms with Crippen LogP contribution in [0.25, 0.3) is 5.69 Å². The molecule has 1 fully saturated rings. The van der Waals surface area contributed by atoms with E-state index in [-0.39, 0.29) is 5.91 Å². The zero-order chi connectivity index (χ0) is 15.2. The van der Waals surface area contributed by atoms with E-state index in [1.54, 1.807) is 16.4 Å². The lowest BCUT2D eigenvalue weighted by Gasteiger charge is -2.26. The minimum atomic E-state index is 0.225. The van der Waals surface area contributed by atoms with Gasteiger partial charge in [-0.25, -0.2) is 0 Å². The van der Waals surface area contributed by atoms with Gasteiger partial charge in [-0.2, -0.15) is 4.68 Å². The molecule has 0 bridgehead atoms. The fourth-order valence-corrected chi connectivity index (χ4v) is 3.35.